The standard InChI is InChI=1S/C24H32N2O4/c1-29-21-5-3-2-4-20(21)25-6-8-26(9-7-25)22(27)15-30-24(28)23-18-11-16-10-17(13-18)14-19(23)12-16/h2-5,16-19,23H,6-15H2,1H3. The Labute approximate surface area is 178 Å². The summed E-state index contributed by atoms with van der Waals surface area (Å²) in [6.45, 7) is 2.64. The first-order valence-electron chi connectivity index (χ1n) is 11.4. The van der Waals surface area contributed by atoms with Gasteiger partial charge in [-0.25, -0.2) is 0 Å². The number of carbonyl (C=O) groups is 2. The summed E-state index contributed by atoms with van der Waals surface area (Å²) in [6, 6.07) is 7.96. The summed E-state index contributed by atoms with van der Waals surface area (Å²) < 4.78 is 11.0. The molecule has 1 aliphatic heterocycles. The molecule has 6 rings (SSSR count). The van der Waals surface area contributed by atoms with Gasteiger partial charge in [-0.15, -0.1) is 0 Å². The lowest BCUT2D eigenvalue weighted by atomic mass is 9.52. The molecule has 0 radical (unpaired) electrons. The predicted molar refractivity (Wildman–Crippen MR) is 113 cm³/mol. The fraction of sp³-hybridized carbons (Fsp3) is 0.667. The zero-order chi connectivity index (χ0) is 20.7. The number of benzene rings is 1. The Morgan fingerprint density at radius 2 is 1.57 bits per heavy atom. The van der Waals surface area contributed by atoms with E-state index in [9.17, 15) is 9.59 Å². The molecule has 1 heterocycles. The van der Waals surface area contributed by atoms with Crippen LogP contribution in [0.3, 0.4) is 0 Å². The van der Waals surface area contributed by atoms with Gasteiger partial charge in [0, 0.05) is 26.2 Å². The zero-order valence-electron chi connectivity index (χ0n) is 17.8. The maximum absolute atomic E-state index is 12.8. The maximum Gasteiger partial charge on any atom is 0.310 e. The second-order valence-corrected chi connectivity index (χ2v) is 9.60. The number of hydrogen-bond acceptors (Lipinski definition) is 5. The summed E-state index contributed by atoms with van der Waals surface area (Å²) in [6.07, 6.45) is 6.11. The van der Waals surface area contributed by atoms with Gasteiger partial charge in [-0.05, 0) is 67.9 Å². The molecule has 5 fully saturated rings. The van der Waals surface area contributed by atoms with Crippen LogP contribution in [0, 0.1) is 29.6 Å². The van der Waals surface area contributed by atoms with Gasteiger partial charge in [0.15, 0.2) is 6.61 Å². The summed E-state index contributed by atoms with van der Waals surface area (Å²) in [4.78, 5) is 29.5. The Hall–Kier alpha value is -2.24. The summed E-state index contributed by atoms with van der Waals surface area (Å²) in [5, 5.41) is 0. The quantitative estimate of drug-likeness (QED) is 0.696. The Morgan fingerprint density at radius 3 is 2.20 bits per heavy atom. The third kappa shape index (κ3) is 3.65. The monoisotopic (exact) mass is 412 g/mol. The number of rotatable bonds is 5. The van der Waals surface area contributed by atoms with Crippen molar-refractivity contribution in [1.82, 2.24) is 4.90 Å². The topological polar surface area (TPSA) is 59.1 Å². The third-order valence-corrected chi connectivity index (χ3v) is 7.90. The van der Waals surface area contributed by atoms with E-state index in [0.717, 1.165) is 36.4 Å². The highest BCUT2D eigenvalue weighted by Crippen LogP contribution is 2.56. The van der Waals surface area contributed by atoms with Crippen molar-refractivity contribution in [2.24, 2.45) is 29.6 Å². The molecule has 0 aromatic heterocycles. The average molecular weight is 413 g/mol. The van der Waals surface area contributed by atoms with Crippen molar-refractivity contribution < 1.29 is 19.1 Å². The van der Waals surface area contributed by atoms with Gasteiger partial charge < -0.3 is 19.3 Å². The minimum absolute atomic E-state index is 0.0352. The van der Waals surface area contributed by atoms with Gasteiger partial charge in [-0.3, -0.25) is 9.59 Å². The van der Waals surface area contributed by atoms with Gasteiger partial charge >= 0.3 is 5.97 Å². The molecule has 1 amide bonds. The van der Waals surface area contributed by atoms with Crippen molar-refractivity contribution in [3.05, 3.63) is 24.3 Å². The van der Waals surface area contributed by atoms with Crippen LogP contribution in [0.1, 0.15) is 32.1 Å². The van der Waals surface area contributed by atoms with Crippen LogP contribution in [0.4, 0.5) is 5.69 Å². The molecular formula is C24H32N2O4. The van der Waals surface area contributed by atoms with Crippen LogP contribution in [0.2, 0.25) is 0 Å². The molecule has 1 aromatic rings. The summed E-state index contributed by atoms with van der Waals surface area (Å²) in [5.41, 5.74) is 1.06. The first-order valence-corrected chi connectivity index (χ1v) is 11.4. The highest BCUT2D eigenvalue weighted by atomic mass is 16.5. The minimum atomic E-state index is -0.121. The van der Waals surface area contributed by atoms with E-state index in [0.29, 0.717) is 24.9 Å². The molecule has 0 atom stereocenters. The Kier molecular flexibility index (Phi) is 5.34. The Balaban J connectivity index is 1.11. The van der Waals surface area contributed by atoms with E-state index in [1.807, 2.05) is 29.2 Å². The summed E-state index contributed by atoms with van der Waals surface area (Å²) >= 11 is 0. The van der Waals surface area contributed by atoms with Crippen molar-refractivity contribution >= 4 is 17.6 Å². The molecule has 5 aliphatic rings. The highest BCUT2D eigenvalue weighted by molar-refractivity contribution is 5.82. The molecule has 162 valence electrons. The molecule has 6 heteroatoms. The van der Waals surface area contributed by atoms with Crippen molar-refractivity contribution in [1.29, 1.82) is 0 Å². The van der Waals surface area contributed by atoms with Gasteiger partial charge in [0.05, 0.1) is 18.7 Å². The number of nitrogens with zero attached hydrogens (tertiary/aromatic N) is 2. The van der Waals surface area contributed by atoms with Gasteiger partial charge in [0.2, 0.25) is 0 Å². The minimum Gasteiger partial charge on any atom is -0.495 e. The largest absolute Gasteiger partial charge is 0.495 e. The van der Waals surface area contributed by atoms with E-state index in [1.165, 1.54) is 32.1 Å². The Bertz CT molecular complexity index is 774. The van der Waals surface area contributed by atoms with Gasteiger partial charge in [-0.1, -0.05) is 12.1 Å². The molecule has 4 bridgehead atoms. The van der Waals surface area contributed by atoms with Crippen molar-refractivity contribution in [3.63, 3.8) is 0 Å². The predicted octanol–water partition coefficient (Wildman–Crippen LogP) is 2.96. The van der Waals surface area contributed by atoms with E-state index in [-0.39, 0.29) is 24.4 Å². The number of piperazine rings is 1. The second kappa shape index (κ2) is 8.12. The van der Waals surface area contributed by atoms with E-state index >= 15 is 0 Å². The SMILES string of the molecule is COc1ccccc1N1CCN(C(=O)COC(=O)C2C3CC4CC(C3)CC2C4)CC1. The Morgan fingerprint density at radius 1 is 0.933 bits per heavy atom. The molecule has 0 N–H and O–H groups in total. The number of amides is 1. The lowest BCUT2D eigenvalue weighted by molar-refractivity contribution is -0.166. The number of anilines is 1. The molecule has 4 aliphatic carbocycles. The highest BCUT2D eigenvalue weighted by Gasteiger charge is 2.51. The van der Waals surface area contributed by atoms with Crippen molar-refractivity contribution in [2.75, 3.05) is 44.8 Å². The summed E-state index contributed by atoms with van der Waals surface area (Å²) in [5.74, 6) is 3.34. The molecular weight excluding hydrogens is 380 g/mol. The van der Waals surface area contributed by atoms with Crippen molar-refractivity contribution in [3.8, 4) is 5.75 Å². The lowest BCUT2D eigenvalue weighted by Crippen LogP contribution is -2.51. The first kappa shape index (κ1) is 19.7. The first-order chi connectivity index (χ1) is 14.6. The van der Waals surface area contributed by atoms with E-state index in [4.69, 9.17) is 9.47 Å². The van der Waals surface area contributed by atoms with Crippen LogP contribution in [0.25, 0.3) is 0 Å². The molecule has 0 spiro atoms. The fourth-order valence-corrected chi connectivity index (χ4v) is 6.72. The molecule has 0 unspecified atom stereocenters. The van der Waals surface area contributed by atoms with Gasteiger partial charge in [0.25, 0.3) is 5.91 Å². The molecule has 6 nitrogen and oxygen atoms in total. The fourth-order valence-electron chi connectivity index (χ4n) is 6.72. The van der Waals surface area contributed by atoms with Crippen LogP contribution < -0.4 is 9.64 Å². The van der Waals surface area contributed by atoms with Crippen LogP contribution in [-0.4, -0.2) is 56.7 Å². The van der Waals surface area contributed by atoms with Gasteiger partial charge in [-0.2, -0.15) is 0 Å². The van der Waals surface area contributed by atoms with E-state index in [2.05, 4.69) is 4.90 Å². The lowest BCUT2D eigenvalue weighted by Gasteiger charge is -2.53. The average Bonchev–Trinajstić information content (AvgIpc) is 2.77. The van der Waals surface area contributed by atoms with E-state index in [1.54, 1.807) is 7.11 Å². The number of ether oxygens (including phenoxy) is 2. The smallest absolute Gasteiger partial charge is 0.310 e. The normalized spacial score (nSPS) is 32.2. The maximum atomic E-state index is 12.8. The molecule has 1 saturated heterocycles. The second-order valence-electron chi connectivity index (χ2n) is 9.60. The zero-order valence-corrected chi connectivity index (χ0v) is 17.8. The van der Waals surface area contributed by atoms with Crippen LogP contribution in [0.15, 0.2) is 24.3 Å². The van der Waals surface area contributed by atoms with Crippen molar-refractivity contribution in [2.45, 2.75) is 32.1 Å². The van der Waals surface area contributed by atoms with Crippen LogP contribution in [-0.2, 0) is 14.3 Å². The summed E-state index contributed by atoms with van der Waals surface area (Å²) in [7, 11) is 1.68. The van der Waals surface area contributed by atoms with Crippen LogP contribution >= 0.6 is 0 Å². The van der Waals surface area contributed by atoms with Gasteiger partial charge in [0.1, 0.15) is 5.75 Å². The number of esters is 1. The molecule has 30 heavy (non-hydrogen) atoms. The molecule has 4 saturated carbocycles. The molecule has 1 aromatic carbocycles. The number of carbonyl (C=O) groups excluding carboxylic acids is 2. The number of hydrogen-bond donors (Lipinski definition) is 0. The van der Waals surface area contributed by atoms with E-state index < -0.39 is 0 Å². The van der Waals surface area contributed by atoms with Crippen LogP contribution in [0.5, 0.6) is 5.75 Å². The number of para-hydroxylation sites is 2. The number of methoxy groups -OCH3 is 1. The third-order valence-electron chi connectivity index (χ3n) is 7.90.